The standard InChI is InChI=1S/C23H20BrFN2O2S/c1-29-20-9-5-3-6-15(20)10-11-26-23(28)19-12-21-18(13-22(24)30-21)27(19)14-16-7-2-4-8-17(16)25/h2-9,12-13H,10-11,14H2,1H3,(H,26,28). The van der Waals surface area contributed by atoms with E-state index in [0.717, 1.165) is 25.3 Å². The van der Waals surface area contributed by atoms with Gasteiger partial charge >= 0.3 is 0 Å². The van der Waals surface area contributed by atoms with E-state index < -0.39 is 0 Å². The summed E-state index contributed by atoms with van der Waals surface area (Å²) in [6.07, 6.45) is 0.656. The molecule has 0 aliphatic rings. The lowest BCUT2D eigenvalue weighted by atomic mass is 10.1. The quantitative estimate of drug-likeness (QED) is 0.367. The number of carbonyl (C=O) groups excluding carboxylic acids is 1. The van der Waals surface area contributed by atoms with Crippen LogP contribution in [0.3, 0.4) is 0 Å². The molecular weight excluding hydrogens is 467 g/mol. The van der Waals surface area contributed by atoms with Crippen molar-refractivity contribution in [2.45, 2.75) is 13.0 Å². The molecule has 0 radical (unpaired) electrons. The van der Waals surface area contributed by atoms with Crippen molar-refractivity contribution in [3.8, 4) is 5.75 Å². The Morgan fingerprint density at radius 1 is 1.13 bits per heavy atom. The molecule has 154 valence electrons. The predicted molar refractivity (Wildman–Crippen MR) is 122 cm³/mol. The van der Waals surface area contributed by atoms with Gasteiger partial charge in [-0.05, 0) is 52.2 Å². The van der Waals surface area contributed by atoms with Crippen molar-refractivity contribution >= 4 is 43.4 Å². The number of ether oxygens (including phenoxy) is 1. The summed E-state index contributed by atoms with van der Waals surface area (Å²) in [5.41, 5.74) is 3.00. The number of aromatic nitrogens is 1. The molecule has 2 heterocycles. The van der Waals surface area contributed by atoms with Crippen LogP contribution in [-0.2, 0) is 13.0 Å². The zero-order chi connectivity index (χ0) is 21.1. The number of fused-ring (bicyclic) bond motifs is 1. The number of carbonyl (C=O) groups is 1. The maximum atomic E-state index is 14.2. The first-order valence-corrected chi connectivity index (χ1v) is 11.1. The lowest BCUT2D eigenvalue weighted by Gasteiger charge is -2.12. The van der Waals surface area contributed by atoms with Crippen LogP contribution < -0.4 is 10.1 Å². The van der Waals surface area contributed by atoms with Gasteiger partial charge in [0.2, 0.25) is 0 Å². The van der Waals surface area contributed by atoms with Gasteiger partial charge in [-0.15, -0.1) is 11.3 Å². The number of hydrogen-bond donors (Lipinski definition) is 1. The van der Waals surface area contributed by atoms with E-state index in [-0.39, 0.29) is 18.3 Å². The molecule has 0 aliphatic carbocycles. The number of nitrogens with zero attached hydrogens (tertiary/aromatic N) is 1. The summed E-state index contributed by atoms with van der Waals surface area (Å²) in [4.78, 5) is 13.0. The van der Waals surface area contributed by atoms with E-state index in [2.05, 4.69) is 21.2 Å². The van der Waals surface area contributed by atoms with Gasteiger partial charge in [-0.3, -0.25) is 4.79 Å². The Hall–Kier alpha value is -2.64. The molecule has 0 saturated carbocycles. The van der Waals surface area contributed by atoms with E-state index in [0.29, 0.717) is 24.2 Å². The molecule has 4 aromatic rings. The molecule has 1 amide bonds. The molecule has 0 unspecified atom stereocenters. The summed E-state index contributed by atoms with van der Waals surface area (Å²) in [5, 5.41) is 2.99. The summed E-state index contributed by atoms with van der Waals surface area (Å²) in [5.74, 6) is 0.344. The van der Waals surface area contributed by atoms with E-state index in [4.69, 9.17) is 4.74 Å². The number of para-hydroxylation sites is 1. The number of thiophene rings is 1. The maximum absolute atomic E-state index is 14.2. The summed E-state index contributed by atoms with van der Waals surface area (Å²) >= 11 is 5.05. The van der Waals surface area contributed by atoms with E-state index in [1.165, 1.54) is 6.07 Å². The molecule has 2 aromatic carbocycles. The highest BCUT2D eigenvalue weighted by molar-refractivity contribution is 9.11. The largest absolute Gasteiger partial charge is 0.496 e. The minimum atomic E-state index is -0.281. The Morgan fingerprint density at radius 3 is 2.63 bits per heavy atom. The minimum absolute atomic E-state index is 0.180. The molecule has 0 spiro atoms. The molecule has 7 heteroatoms. The average molecular weight is 487 g/mol. The second-order valence-electron chi connectivity index (χ2n) is 6.82. The van der Waals surface area contributed by atoms with Crippen LogP contribution in [0.4, 0.5) is 4.39 Å². The smallest absolute Gasteiger partial charge is 0.267 e. The summed E-state index contributed by atoms with van der Waals surface area (Å²) in [6.45, 7) is 0.760. The molecule has 30 heavy (non-hydrogen) atoms. The van der Waals surface area contributed by atoms with E-state index >= 15 is 0 Å². The van der Waals surface area contributed by atoms with Crippen molar-refractivity contribution in [2.24, 2.45) is 0 Å². The molecule has 0 atom stereocenters. The summed E-state index contributed by atoms with van der Waals surface area (Å²) < 4.78 is 23.4. The Labute approximate surface area is 186 Å². The number of benzene rings is 2. The Morgan fingerprint density at radius 2 is 1.87 bits per heavy atom. The van der Waals surface area contributed by atoms with Crippen molar-refractivity contribution in [2.75, 3.05) is 13.7 Å². The number of halogens is 2. The van der Waals surface area contributed by atoms with Crippen LogP contribution in [0.25, 0.3) is 10.2 Å². The van der Waals surface area contributed by atoms with Crippen LogP contribution >= 0.6 is 27.3 Å². The molecule has 0 saturated heterocycles. The lowest BCUT2D eigenvalue weighted by Crippen LogP contribution is -2.28. The highest BCUT2D eigenvalue weighted by Gasteiger charge is 2.18. The number of nitrogens with one attached hydrogen (secondary N) is 1. The molecule has 1 N–H and O–H groups in total. The highest BCUT2D eigenvalue weighted by atomic mass is 79.9. The first kappa shape index (κ1) is 20.6. The number of hydrogen-bond acceptors (Lipinski definition) is 3. The van der Waals surface area contributed by atoms with E-state index in [1.807, 2.05) is 41.0 Å². The number of methoxy groups -OCH3 is 1. The van der Waals surface area contributed by atoms with Crippen molar-refractivity contribution in [1.82, 2.24) is 9.88 Å². The van der Waals surface area contributed by atoms with Gasteiger partial charge in [-0.1, -0.05) is 36.4 Å². The highest BCUT2D eigenvalue weighted by Crippen LogP contribution is 2.33. The third kappa shape index (κ3) is 4.27. The summed E-state index contributed by atoms with van der Waals surface area (Å²) in [6, 6.07) is 18.2. The number of rotatable bonds is 7. The Kier molecular flexibility index (Phi) is 6.20. The van der Waals surface area contributed by atoms with Crippen molar-refractivity contribution in [3.63, 3.8) is 0 Å². The van der Waals surface area contributed by atoms with Crippen LogP contribution in [0.1, 0.15) is 21.6 Å². The fraction of sp³-hybridized carbons (Fsp3) is 0.174. The fourth-order valence-electron chi connectivity index (χ4n) is 3.48. The van der Waals surface area contributed by atoms with Gasteiger partial charge in [-0.25, -0.2) is 4.39 Å². The molecule has 4 nitrogen and oxygen atoms in total. The van der Waals surface area contributed by atoms with Crippen LogP contribution in [-0.4, -0.2) is 24.1 Å². The molecule has 4 rings (SSSR count). The molecule has 0 aliphatic heterocycles. The van der Waals surface area contributed by atoms with Gasteiger partial charge in [-0.2, -0.15) is 0 Å². The van der Waals surface area contributed by atoms with Crippen LogP contribution in [0.2, 0.25) is 0 Å². The van der Waals surface area contributed by atoms with Gasteiger partial charge < -0.3 is 14.6 Å². The zero-order valence-electron chi connectivity index (χ0n) is 16.3. The Balaban J connectivity index is 1.56. The van der Waals surface area contributed by atoms with Crippen molar-refractivity contribution in [3.05, 3.63) is 87.1 Å². The zero-order valence-corrected chi connectivity index (χ0v) is 18.7. The van der Waals surface area contributed by atoms with E-state index in [9.17, 15) is 9.18 Å². The molecule has 2 aromatic heterocycles. The molecule has 0 fully saturated rings. The third-order valence-corrected chi connectivity index (χ3v) is 6.53. The molecule has 0 bridgehead atoms. The van der Waals surface area contributed by atoms with Crippen molar-refractivity contribution < 1.29 is 13.9 Å². The van der Waals surface area contributed by atoms with Gasteiger partial charge in [0.1, 0.15) is 17.3 Å². The predicted octanol–water partition coefficient (Wildman–Crippen LogP) is 5.63. The monoisotopic (exact) mass is 486 g/mol. The second kappa shape index (κ2) is 9.02. The topological polar surface area (TPSA) is 43.3 Å². The van der Waals surface area contributed by atoms with Crippen LogP contribution in [0, 0.1) is 5.82 Å². The van der Waals surface area contributed by atoms with E-state index in [1.54, 1.807) is 36.6 Å². The van der Waals surface area contributed by atoms with Gasteiger partial charge in [0.15, 0.2) is 0 Å². The third-order valence-electron chi connectivity index (χ3n) is 4.95. The first-order valence-electron chi connectivity index (χ1n) is 9.49. The lowest BCUT2D eigenvalue weighted by molar-refractivity contribution is 0.0945. The summed E-state index contributed by atoms with van der Waals surface area (Å²) in [7, 11) is 1.64. The van der Waals surface area contributed by atoms with Gasteiger partial charge in [0, 0.05) is 12.1 Å². The van der Waals surface area contributed by atoms with Gasteiger partial charge in [0.05, 0.1) is 27.7 Å². The maximum Gasteiger partial charge on any atom is 0.267 e. The average Bonchev–Trinajstić information content (AvgIpc) is 3.26. The van der Waals surface area contributed by atoms with Crippen LogP contribution in [0.5, 0.6) is 5.75 Å². The first-order chi connectivity index (χ1) is 14.6. The normalized spacial score (nSPS) is 11.0. The Bertz CT molecular complexity index is 1200. The SMILES string of the molecule is COc1ccccc1CCNC(=O)c1cc2sc(Br)cc2n1Cc1ccccc1F. The molecular formula is C23H20BrFN2O2S. The minimum Gasteiger partial charge on any atom is -0.496 e. The second-order valence-corrected chi connectivity index (χ2v) is 9.29. The number of amides is 1. The fourth-order valence-corrected chi connectivity index (χ4v) is 5.04. The van der Waals surface area contributed by atoms with Crippen LogP contribution in [0.15, 0.2) is 64.5 Å². The van der Waals surface area contributed by atoms with Gasteiger partial charge in [0.25, 0.3) is 5.91 Å². The van der Waals surface area contributed by atoms with Crippen molar-refractivity contribution in [1.29, 1.82) is 0 Å².